The van der Waals surface area contributed by atoms with Crippen molar-refractivity contribution in [1.29, 1.82) is 0 Å². The van der Waals surface area contributed by atoms with Crippen LogP contribution in [-0.4, -0.2) is 27.9 Å². The quantitative estimate of drug-likeness (QED) is 0.329. The van der Waals surface area contributed by atoms with Gasteiger partial charge in [-0.3, -0.25) is 0 Å². The molecule has 0 aliphatic heterocycles. The van der Waals surface area contributed by atoms with E-state index in [-0.39, 0.29) is 13.2 Å². The Balaban J connectivity index is 2.70. The van der Waals surface area contributed by atoms with Gasteiger partial charge in [0.1, 0.15) is 12.3 Å². The largest absolute Gasteiger partial charge is 0.444 e. The van der Waals surface area contributed by atoms with Crippen LogP contribution in [0.4, 0.5) is 4.79 Å². The molecule has 5 heteroatoms. The molecule has 0 heterocycles. The first-order valence-electron chi connectivity index (χ1n) is 8.91. The zero-order chi connectivity index (χ0) is 18.3. The van der Waals surface area contributed by atoms with Crippen LogP contribution in [0.2, 0.25) is 0 Å². The normalized spacial score (nSPS) is 10.0. The average Bonchev–Trinajstić information content (AvgIpc) is 2.65. The molecule has 0 unspecified atom stereocenters. The van der Waals surface area contributed by atoms with Crippen LogP contribution in [0.5, 0.6) is 0 Å². The van der Waals surface area contributed by atoms with E-state index >= 15 is 0 Å². The highest BCUT2D eigenvalue weighted by atomic mass is 32.2. The van der Waals surface area contributed by atoms with E-state index in [0.717, 1.165) is 30.6 Å². The Hall–Kier alpha value is -1.68. The smallest absolute Gasteiger partial charge is 0.425 e. The molecule has 0 fully saturated rings. The molecule has 0 aromatic heterocycles. The topological polar surface area (TPSA) is 49.8 Å². The molecule has 0 bridgehead atoms. The maximum Gasteiger partial charge on any atom is 0.425 e. The van der Waals surface area contributed by atoms with E-state index < -0.39 is 6.09 Å². The first-order chi connectivity index (χ1) is 12.2. The molecule has 1 N–H and O–H groups in total. The first kappa shape index (κ1) is 21.4. The number of aliphatic hydroxyl groups is 1. The third-order valence-electron chi connectivity index (χ3n) is 3.46. The zero-order valence-electron chi connectivity index (χ0n) is 15.2. The summed E-state index contributed by atoms with van der Waals surface area (Å²) < 4.78 is 6.84. The van der Waals surface area contributed by atoms with Crippen LogP contribution in [-0.2, 0) is 11.3 Å². The minimum Gasteiger partial charge on any atom is -0.444 e. The summed E-state index contributed by atoms with van der Waals surface area (Å²) in [6.45, 7) is 4.11. The van der Waals surface area contributed by atoms with Gasteiger partial charge in [-0.2, -0.15) is 0 Å². The molecule has 1 rings (SSSR count). The van der Waals surface area contributed by atoms with Gasteiger partial charge in [0.2, 0.25) is 0 Å². The summed E-state index contributed by atoms with van der Waals surface area (Å²) in [4.78, 5) is 12.5. The molecule has 0 atom stereocenters. The Bertz CT molecular complexity index is 553. The van der Waals surface area contributed by atoms with Crippen molar-refractivity contribution in [2.75, 3.05) is 12.4 Å². The second kappa shape index (κ2) is 13.6. The van der Waals surface area contributed by atoms with Crippen LogP contribution in [0.25, 0.3) is 0 Å². The Morgan fingerprint density at radius 2 is 2.00 bits per heavy atom. The highest BCUT2D eigenvalue weighted by molar-refractivity contribution is 7.97. The third-order valence-corrected chi connectivity index (χ3v) is 4.56. The van der Waals surface area contributed by atoms with E-state index in [2.05, 4.69) is 12.7 Å². The lowest BCUT2D eigenvalue weighted by Gasteiger charge is -2.21. The van der Waals surface area contributed by atoms with Crippen LogP contribution in [0.1, 0.15) is 51.5 Å². The summed E-state index contributed by atoms with van der Waals surface area (Å²) in [5.74, 6) is 0.803. The number of nitrogens with zero attached hydrogens (tertiary/aromatic N) is 1. The summed E-state index contributed by atoms with van der Waals surface area (Å²) in [5.41, 5.74) is 4.36. The number of rotatable bonds is 11. The summed E-state index contributed by atoms with van der Waals surface area (Å²) in [6, 6.07) is 9.56. The van der Waals surface area contributed by atoms with Crippen molar-refractivity contribution < 1.29 is 14.6 Å². The van der Waals surface area contributed by atoms with E-state index in [1.807, 2.05) is 37.3 Å². The maximum absolute atomic E-state index is 12.5. The van der Waals surface area contributed by atoms with Crippen molar-refractivity contribution in [3.05, 3.63) is 53.4 Å². The third kappa shape index (κ3) is 8.82. The van der Waals surface area contributed by atoms with Crippen LogP contribution in [0.3, 0.4) is 0 Å². The number of carbonyl (C=O) groups excluding carboxylic acids is 1. The minimum absolute atomic E-state index is 0.211. The van der Waals surface area contributed by atoms with Gasteiger partial charge in [-0.25, -0.2) is 9.10 Å². The Morgan fingerprint density at radius 1 is 1.24 bits per heavy atom. The summed E-state index contributed by atoms with van der Waals surface area (Å²) in [5, 5.41) is 9.62. The predicted molar refractivity (Wildman–Crippen MR) is 104 cm³/mol. The molecule has 0 aliphatic carbocycles. The van der Waals surface area contributed by atoms with E-state index in [1.54, 1.807) is 6.08 Å². The Kier molecular flexibility index (Phi) is 11.6. The number of benzene rings is 1. The van der Waals surface area contributed by atoms with Gasteiger partial charge in [0.25, 0.3) is 0 Å². The second-order valence-electron chi connectivity index (χ2n) is 5.59. The molecule has 1 aromatic carbocycles. The van der Waals surface area contributed by atoms with Crippen molar-refractivity contribution in [2.24, 2.45) is 0 Å². The molecule has 0 aliphatic rings. The number of aliphatic hydroxyl groups excluding tert-OH is 1. The fraction of sp³-hybridized carbons (Fsp3) is 0.500. The molecular weight excluding hydrogens is 334 g/mol. The zero-order valence-corrected chi connectivity index (χ0v) is 16.1. The molecule has 4 nitrogen and oxygen atoms in total. The molecular formula is C20H29NO3S. The fourth-order valence-electron chi connectivity index (χ4n) is 2.09. The van der Waals surface area contributed by atoms with Gasteiger partial charge >= 0.3 is 6.09 Å². The summed E-state index contributed by atoms with van der Waals surface area (Å²) >= 11 is 1.38. The number of carbonyl (C=O) groups is 1. The van der Waals surface area contributed by atoms with Crippen molar-refractivity contribution in [1.82, 2.24) is 4.31 Å². The SMILES string of the molecule is CCC=C=C(CO)N(SCCCCCC)C(=O)OCc1ccccc1. The fourth-order valence-corrected chi connectivity index (χ4v) is 3.03. The van der Waals surface area contributed by atoms with Crippen molar-refractivity contribution in [2.45, 2.75) is 52.6 Å². The maximum atomic E-state index is 12.5. The van der Waals surface area contributed by atoms with Gasteiger partial charge in [0.05, 0.1) is 6.61 Å². The molecule has 25 heavy (non-hydrogen) atoms. The number of ether oxygens (including phenoxy) is 1. The van der Waals surface area contributed by atoms with Gasteiger partial charge in [-0.05, 0) is 36.4 Å². The van der Waals surface area contributed by atoms with Gasteiger partial charge in [-0.1, -0.05) is 63.4 Å². The lowest BCUT2D eigenvalue weighted by atomic mass is 10.2. The standard InChI is InChI=1S/C20H29NO3S/c1-3-5-7-11-15-25-21(19(16-22)14-6-4-2)20(23)24-17-18-12-9-8-10-13-18/h6,8-10,12-13,22H,3-5,7,11,15-17H2,1-2H3. The predicted octanol–water partition coefficient (Wildman–Crippen LogP) is 5.30. The van der Waals surface area contributed by atoms with E-state index in [4.69, 9.17) is 4.74 Å². The molecule has 138 valence electrons. The molecule has 0 spiro atoms. The van der Waals surface area contributed by atoms with E-state index in [1.165, 1.54) is 29.1 Å². The Morgan fingerprint density at radius 3 is 2.64 bits per heavy atom. The van der Waals surface area contributed by atoms with Crippen LogP contribution in [0, 0.1) is 0 Å². The molecule has 1 amide bonds. The van der Waals surface area contributed by atoms with Crippen LogP contribution in [0.15, 0.2) is 47.8 Å². The van der Waals surface area contributed by atoms with Crippen LogP contribution < -0.4 is 0 Å². The van der Waals surface area contributed by atoms with Crippen molar-refractivity contribution in [3.63, 3.8) is 0 Å². The molecule has 0 saturated carbocycles. The minimum atomic E-state index is -0.467. The van der Waals surface area contributed by atoms with Crippen molar-refractivity contribution in [3.8, 4) is 0 Å². The number of unbranched alkanes of at least 4 members (excludes halogenated alkanes) is 3. The molecule has 0 saturated heterocycles. The van der Waals surface area contributed by atoms with E-state index in [9.17, 15) is 9.90 Å². The Labute approximate surface area is 155 Å². The van der Waals surface area contributed by atoms with Crippen LogP contribution >= 0.6 is 11.9 Å². The van der Waals surface area contributed by atoms with Gasteiger partial charge in [0.15, 0.2) is 0 Å². The highest BCUT2D eigenvalue weighted by Gasteiger charge is 2.20. The monoisotopic (exact) mass is 363 g/mol. The number of hydrogen-bond donors (Lipinski definition) is 1. The van der Waals surface area contributed by atoms with Gasteiger partial charge < -0.3 is 9.84 Å². The van der Waals surface area contributed by atoms with E-state index in [0.29, 0.717) is 5.70 Å². The van der Waals surface area contributed by atoms with Gasteiger partial charge in [-0.15, -0.1) is 5.73 Å². The lowest BCUT2D eigenvalue weighted by molar-refractivity contribution is 0.124. The molecule has 0 radical (unpaired) electrons. The van der Waals surface area contributed by atoms with Crippen molar-refractivity contribution >= 4 is 18.0 Å². The number of hydrogen-bond acceptors (Lipinski definition) is 4. The highest BCUT2D eigenvalue weighted by Crippen LogP contribution is 2.21. The lowest BCUT2D eigenvalue weighted by Crippen LogP contribution is -2.26. The average molecular weight is 364 g/mol. The van der Waals surface area contributed by atoms with Gasteiger partial charge in [0, 0.05) is 5.75 Å². The summed E-state index contributed by atoms with van der Waals surface area (Å²) in [7, 11) is 0. The number of amides is 1. The molecule has 1 aromatic rings. The first-order valence-corrected chi connectivity index (χ1v) is 9.85. The summed E-state index contributed by atoms with van der Waals surface area (Å²) in [6.07, 6.45) is 6.66. The second-order valence-corrected chi connectivity index (χ2v) is 6.62.